The molecule has 2 aromatic carbocycles. The summed E-state index contributed by atoms with van der Waals surface area (Å²) >= 11 is 4.81. The molecule has 0 unspecified atom stereocenters. The fraction of sp³-hybridized carbons (Fsp3) is 0.167. The lowest BCUT2D eigenvalue weighted by atomic mass is 10.1. The number of rotatable bonds is 6. The molecular formula is C18H17BrN4O3S. The standard InChI is InChI=1S/C18H17BrN4O3S/c1-25-14-6-11(5-12(19)17(14)26-2)9-21-23-16(24)8-10-3-4-13-15(7-10)27-18(20)22-13/h3-7,9H,8H2,1-2H3,(H2,20,22)(H,23,24)/b21-9-. The molecule has 7 nitrogen and oxygen atoms in total. The van der Waals surface area contributed by atoms with Gasteiger partial charge in [0.1, 0.15) is 0 Å². The van der Waals surface area contributed by atoms with Crippen LogP contribution in [-0.2, 0) is 11.2 Å². The van der Waals surface area contributed by atoms with Crippen LogP contribution in [0.25, 0.3) is 10.2 Å². The van der Waals surface area contributed by atoms with Gasteiger partial charge in [-0.15, -0.1) is 0 Å². The number of nitrogens with two attached hydrogens (primary N) is 1. The van der Waals surface area contributed by atoms with E-state index >= 15 is 0 Å². The normalized spacial score (nSPS) is 11.1. The number of ether oxygens (including phenoxy) is 2. The molecule has 1 heterocycles. The van der Waals surface area contributed by atoms with Crippen molar-refractivity contribution < 1.29 is 14.3 Å². The van der Waals surface area contributed by atoms with Crippen LogP contribution in [0.2, 0.25) is 0 Å². The molecule has 0 atom stereocenters. The van der Waals surface area contributed by atoms with Gasteiger partial charge in [-0.3, -0.25) is 4.79 Å². The number of aromatic nitrogens is 1. The Morgan fingerprint density at radius 1 is 1.33 bits per heavy atom. The van der Waals surface area contributed by atoms with Gasteiger partial charge in [0.25, 0.3) is 0 Å². The molecule has 3 rings (SSSR count). The summed E-state index contributed by atoms with van der Waals surface area (Å²) < 4.78 is 12.2. The highest BCUT2D eigenvalue weighted by atomic mass is 79.9. The average molecular weight is 449 g/mol. The molecule has 9 heteroatoms. The van der Waals surface area contributed by atoms with Crippen molar-refractivity contribution in [2.24, 2.45) is 5.10 Å². The lowest BCUT2D eigenvalue weighted by Crippen LogP contribution is -2.19. The van der Waals surface area contributed by atoms with Crippen LogP contribution in [0.4, 0.5) is 5.13 Å². The summed E-state index contributed by atoms with van der Waals surface area (Å²) in [6.07, 6.45) is 1.75. The fourth-order valence-corrected chi connectivity index (χ4v) is 3.93. The number of anilines is 1. The molecule has 0 bridgehead atoms. The lowest BCUT2D eigenvalue weighted by Gasteiger charge is -2.10. The topological polar surface area (TPSA) is 98.8 Å². The van der Waals surface area contributed by atoms with E-state index in [1.54, 1.807) is 20.3 Å². The number of methoxy groups -OCH3 is 2. The Balaban J connectivity index is 1.65. The van der Waals surface area contributed by atoms with Crippen LogP contribution in [0.1, 0.15) is 11.1 Å². The Kier molecular flexibility index (Phi) is 5.92. The zero-order chi connectivity index (χ0) is 19.4. The minimum Gasteiger partial charge on any atom is -0.493 e. The predicted octanol–water partition coefficient (Wildman–Crippen LogP) is 3.35. The van der Waals surface area contributed by atoms with Gasteiger partial charge in [-0.1, -0.05) is 17.4 Å². The number of amides is 1. The number of carbonyl (C=O) groups excluding carboxylic acids is 1. The average Bonchev–Trinajstić information content (AvgIpc) is 3.00. The summed E-state index contributed by atoms with van der Waals surface area (Å²) in [5.41, 5.74) is 10.7. The maximum Gasteiger partial charge on any atom is 0.244 e. The zero-order valence-corrected chi connectivity index (χ0v) is 17.1. The summed E-state index contributed by atoms with van der Waals surface area (Å²) in [7, 11) is 3.12. The first-order chi connectivity index (χ1) is 13.0. The van der Waals surface area contributed by atoms with Crippen molar-refractivity contribution in [1.82, 2.24) is 10.4 Å². The van der Waals surface area contributed by atoms with Crippen LogP contribution in [0, 0.1) is 0 Å². The van der Waals surface area contributed by atoms with Gasteiger partial charge >= 0.3 is 0 Å². The Bertz CT molecular complexity index is 1020. The first-order valence-electron chi connectivity index (χ1n) is 7.88. The second kappa shape index (κ2) is 8.36. The summed E-state index contributed by atoms with van der Waals surface area (Å²) in [5.74, 6) is 0.942. The quantitative estimate of drug-likeness (QED) is 0.444. The third kappa shape index (κ3) is 4.55. The number of hydrogen-bond acceptors (Lipinski definition) is 7. The highest BCUT2D eigenvalue weighted by molar-refractivity contribution is 9.10. The Morgan fingerprint density at radius 3 is 2.89 bits per heavy atom. The van der Waals surface area contributed by atoms with Crippen molar-refractivity contribution in [2.75, 3.05) is 20.0 Å². The van der Waals surface area contributed by atoms with Crippen molar-refractivity contribution in [3.8, 4) is 11.5 Å². The monoisotopic (exact) mass is 448 g/mol. The van der Waals surface area contributed by atoms with Crippen LogP contribution in [0.3, 0.4) is 0 Å². The van der Waals surface area contributed by atoms with E-state index in [4.69, 9.17) is 15.2 Å². The van der Waals surface area contributed by atoms with Crippen molar-refractivity contribution in [1.29, 1.82) is 0 Å². The van der Waals surface area contributed by atoms with Crippen molar-refractivity contribution in [3.05, 3.63) is 45.9 Å². The van der Waals surface area contributed by atoms with Gasteiger partial charge in [0.2, 0.25) is 5.91 Å². The van der Waals surface area contributed by atoms with Crippen LogP contribution in [0.5, 0.6) is 11.5 Å². The highest BCUT2D eigenvalue weighted by Crippen LogP contribution is 2.35. The van der Waals surface area contributed by atoms with Crippen molar-refractivity contribution in [2.45, 2.75) is 6.42 Å². The van der Waals surface area contributed by atoms with Gasteiger partial charge in [0.05, 0.1) is 41.5 Å². The van der Waals surface area contributed by atoms with E-state index in [-0.39, 0.29) is 12.3 Å². The Morgan fingerprint density at radius 2 is 2.15 bits per heavy atom. The number of nitrogens with one attached hydrogen (secondary N) is 1. The summed E-state index contributed by atoms with van der Waals surface area (Å²) in [5, 5.41) is 4.52. The van der Waals surface area contributed by atoms with Crippen LogP contribution >= 0.6 is 27.3 Å². The second-order valence-electron chi connectivity index (χ2n) is 5.56. The van der Waals surface area contributed by atoms with E-state index in [1.807, 2.05) is 24.3 Å². The van der Waals surface area contributed by atoms with E-state index in [2.05, 4.69) is 31.4 Å². The SMILES string of the molecule is COc1cc(/C=N\NC(=O)Cc2ccc3nc(N)sc3c2)cc(Br)c1OC. The third-order valence-corrected chi connectivity index (χ3v) is 5.13. The minimum atomic E-state index is -0.220. The van der Waals surface area contributed by atoms with E-state index in [1.165, 1.54) is 17.6 Å². The predicted molar refractivity (Wildman–Crippen MR) is 111 cm³/mol. The smallest absolute Gasteiger partial charge is 0.244 e. The van der Waals surface area contributed by atoms with E-state index in [0.717, 1.165) is 25.8 Å². The number of carbonyl (C=O) groups is 1. The molecule has 0 spiro atoms. The zero-order valence-electron chi connectivity index (χ0n) is 14.7. The number of nitrogen functional groups attached to an aromatic ring is 1. The Labute approximate surface area is 168 Å². The summed E-state index contributed by atoms with van der Waals surface area (Å²) in [4.78, 5) is 16.3. The fourth-order valence-electron chi connectivity index (χ4n) is 2.51. The molecule has 27 heavy (non-hydrogen) atoms. The van der Waals surface area contributed by atoms with Crippen LogP contribution in [-0.4, -0.2) is 31.3 Å². The van der Waals surface area contributed by atoms with Gasteiger partial charge < -0.3 is 15.2 Å². The molecule has 0 aliphatic carbocycles. The molecule has 3 aromatic rings. The van der Waals surface area contributed by atoms with Gasteiger partial charge in [0, 0.05) is 0 Å². The molecule has 140 valence electrons. The van der Waals surface area contributed by atoms with E-state index in [0.29, 0.717) is 16.6 Å². The molecular weight excluding hydrogens is 432 g/mol. The molecule has 1 amide bonds. The van der Waals surface area contributed by atoms with Gasteiger partial charge in [-0.05, 0) is 51.3 Å². The summed E-state index contributed by atoms with van der Waals surface area (Å²) in [6, 6.07) is 9.21. The largest absolute Gasteiger partial charge is 0.493 e. The molecule has 3 N–H and O–H groups in total. The second-order valence-corrected chi connectivity index (χ2v) is 7.48. The number of halogens is 1. The highest BCUT2D eigenvalue weighted by Gasteiger charge is 2.10. The first kappa shape index (κ1) is 19.1. The number of benzene rings is 2. The maximum atomic E-state index is 12.1. The number of hydrogen-bond donors (Lipinski definition) is 2. The number of thiazole rings is 1. The lowest BCUT2D eigenvalue weighted by molar-refractivity contribution is -0.120. The molecule has 1 aromatic heterocycles. The van der Waals surface area contributed by atoms with E-state index < -0.39 is 0 Å². The van der Waals surface area contributed by atoms with Crippen molar-refractivity contribution in [3.63, 3.8) is 0 Å². The molecule has 0 radical (unpaired) electrons. The van der Waals surface area contributed by atoms with Crippen LogP contribution in [0.15, 0.2) is 39.9 Å². The molecule has 0 fully saturated rings. The maximum absolute atomic E-state index is 12.1. The minimum absolute atomic E-state index is 0.209. The molecule has 0 aliphatic rings. The molecule has 0 saturated heterocycles. The van der Waals surface area contributed by atoms with Crippen LogP contribution < -0.4 is 20.6 Å². The molecule has 0 aliphatic heterocycles. The van der Waals surface area contributed by atoms with E-state index in [9.17, 15) is 4.79 Å². The van der Waals surface area contributed by atoms with Gasteiger partial charge in [0.15, 0.2) is 16.6 Å². The van der Waals surface area contributed by atoms with Gasteiger partial charge in [-0.25, -0.2) is 10.4 Å². The Hall–Kier alpha value is -2.65. The number of hydrazone groups is 1. The number of nitrogens with zero attached hydrogens (tertiary/aromatic N) is 2. The summed E-state index contributed by atoms with van der Waals surface area (Å²) in [6.45, 7) is 0. The number of fused-ring (bicyclic) bond motifs is 1. The molecule has 0 saturated carbocycles. The van der Waals surface area contributed by atoms with Crippen molar-refractivity contribution >= 4 is 54.7 Å². The third-order valence-electron chi connectivity index (χ3n) is 3.69. The van der Waals surface area contributed by atoms with Gasteiger partial charge in [-0.2, -0.15) is 5.10 Å². The first-order valence-corrected chi connectivity index (χ1v) is 9.49.